The molecule has 1 aliphatic rings. The molecule has 1 unspecified atom stereocenters. The van der Waals surface area contributed by atoms with Gasteiger partial charge in [-0.2, -0.15) is 5.10 Å². The second-order valence-electron chi connectivity index (χ2n) is 4.93. The molecule has 3 heteroatoms. The smallest absolute Gasteiger partial charge is 0.0537 e. The van der Waals surface area contributed by atoms with E-state index >= 15 is 0 Å². The Morgan fingerprint density at radius 1 is 1.50 bits per heavy atom. The van der Waals surface area contributed by atoms with E-state index in [2.05, 4.69) is 35.1 Å². The standard InChI is InChI=1S/C13H23N3/c1-3-14-11(2)13-8-15-16(10-13)9-12-6-4-5-7-12/h8,10-12,14H,3-7,9H2,1-2H3. The van der Waals surface area contributed by atoms with E-state index < -0.39 is 0 Å². The summed E-state index contributed by atoms with van der Waals surface area (Å²) < 4.78 is 2.12. The fraction of sp³-hybridized carbons (Fsp3) is 0.769. The third kappa shape index (κ3) is 2.85. The number of aromatic nitrogens is 2. The minimum atomic E-state index is 0.419. The van der Waals surface area contributed by atoms with E-state index in [1.54, 1.807) is 0 Å². The van der Waals surface area contributed by atoms with Gasteiger partial charge in [0.1, 0.15) is 0 Å². The van der Waals surface area contributed by atoms with Crippen LogP contribution in [0.1, 0.15) is 51.1 Å². The molecule has 0 aliphatic heterocycles. The van der Waals surface area contributed by atoms with Crippen LogP contribution in [0.25, 0.3) is 0 Å². The van der Waals surface area contributed by atoms with Crippen molar-refractivity contribution in [3.8, 4) is 0 Å². The summed E-state index contributed by atoms with van der Waals surface area (Å²) in [6.45, 7) is 6.45. The first kappa shape index (κ1) is 11.6. The monoisotopic (exact) mass is 221 g/mol. The first-order valence-electron chi connectivity index (χ1n) is 6.55. The van der Waals surface area contributed by atoms with Crippen LogP contribution in [-0.4, -0.2) is 16.3 Å². The first-order chi connectivity index (χ1) is 7.79. The number of rotatable bonds is 5. The molecule has 0 amide bonds. The molecule has 1 atom stereocenters. The molecule has 3 nitrogen and oxygen atoms in total. The van der Waals surface area contributed by atoms with Crippen LogP contribution in [0, 0.1) is 5.92 Å². The largest absolute Gasteiger partial charge is 0.310 e. The van der Waals surface area contributed by atoms with Crippen molar-refractivity contribution in [2.75, 3.05) is 6.54 Å². The van der Waals surface area contributed by atoms with Crippen LogP contribution in [0.2, 0.25) is 0 Å². The Labute approximate surface area is 98.2 Å². The number of nitrogens with zero attached hydrogens (tertiary/aromatic N) is 2. The van der Waals surface area contributed by atoms with Gasteiger partial charge in [-0.15, -0.1) is 0 Å². The lowest BCUT2D eigenvalue weighted by Gasteiger charge is -2.10. The average Bonchev–Trinajstić information content (AvgIpc) is 2.90. The summed E-state index contributed by atoms with van der Waals surface area (Å²) in [4.78, 5) is 0. The maximum Gasteiger partial charge on any atom is 0.0537 e. The molecule has 1 N–H and O–H groups in total. The molecule has 1 heterocycles. The molecule has 1 aromatic heterocycles. The predicted octanol–water partition coefficient (Wildman–Crippen LogP) is 2.74. The second kappa shape index (κ2) is 5.48. The lowest BCUT2D eigenvalue weighted by Crippen LogP contribution is -2.17. The minimum absolute atomic E-state index is 0.419. The van der Waals surface area contributed by atoms with Crippen molar-refractivity contribution < 1.29 is 0 Å². The average molecular weight is 221 g/mol. The molecule has 0 radical (unpaired) electrons. The van der Waals surface area contributed by atoms with Gasteiger partial charge in [-0.3, -0.25) is 4.68 Å². The SMILES string of the molecule is CCNC(C)c1cnn(CC2CCCC2)c1. The third-order valence-electron chi connectivity index (χ3n) is 3.58. The van der Waals surface area contributed by atoms with Gasteiger partial charge < -0.3 is 5.32 Å². The zero-order valence-electron chi connectivity index (χ0n) is 10.4. The van der Waals surface area contributed by atoms with Crippen molar-refractivity contribution in [3.63, 3.8) is 0 Å². The predicted molar refractivity (Wildman–Crippen MR) is 66.3 cm³/mol. The fourth-order valence-corrected chi connectivity index (χ4v) is 2.58. The highest BCUT2D eigenvalue weighted by Crippen LogP contribution is 2.26. The van der Waals surface area contributed by atoms with Crippen molar-refractivity contribution in [2.45, 2.75) is 52.1 Å². The summed E-state index contributed by atoms with van der Waals surface area (Å²) in [7, 11) is 0. The van der Waals surface area contributed by atoms with Gasteiger partial charge in [0.2, 0.25) is 0 Å². The van der Waals surface area contributed by atoms with Crippen LogP contribution in [0.5, 0.6) is 0 Å². The lowest BCUT2D eigenvalue weighted by molar-refractivity contribution is 0.428. The van der Waals surface area contributed by atoms with Gasteiger partial charge in [-0.1, -0.05) is 19.8 Å². The van der Waals surface area contributed by atoms with Crippen LogP contribution in [-0.2, 0) is 6.54 Å². The van der Waals surface area contributed by atoms with Crippen molar-refractivity contribution >= 4 is 0 Å². The quantitative estimate of drug-likeness (QED) is 0.828. The Morgan fingerprint density at radius 2 is 2.25 bits per heavy atom. The Kier molecular flexibility index (Phi) is 3.99. The Morgan fingerprint density at radius 3 is 2.94 bits per heavy atom. The molecule has 0 saturated heterocycles. The normalized spacial score (nSPS) is 19.1. The van der Waals surface area contributed by atoms with Crippen molar-refractivity contribution in [1.82, 2.24) is 15.1 Å². The van der Waals surface area contributed by atoms with Gasteiger partial charge >= 0.3 is 0 Å². The number of hydrogen-bond donors (Lipinski definition) is 1. The minimum Gasteiger partial charge on any atom is -0.310 e. The molecular weight excluding hydrogens is 198 g/mol. The Bertz CT molecular complexity index is 313. The van der Waals surface area contributed by atoms with Gasteiger partial charge in [-0.25, -0.2) is 0 Å². The van der Waals surface area contributed by atoms with E-state index in [4.69, 9.17) is 0 Å². The van der Waals surface area contributed by atoms with Gasteiger partial charge in [0.05, 0.1) is 6.20 Å². The Hall–Kier alpha value is -0.830. The molecule has 0 spiro atoms. The molecular formula is C13H23N3. The first-order valence-corrected chi connectivity index (χ1v) is 6.55. The van der Waals surface area contributed by atoms with E-state index in [0.717, 1.165) is 19.0 Å². The van der Waals surface area contributed by atoms with Crippen molar-refractivity contribution in [3.05, 3.63) is 18.0 Å². The van der Waals surface area contributed by atoms with Crippen molar-refractivity contribution in [2.24, 2.45) is 5.92 Å². The Balaban J connectivity index is 1.90. The summed E-state index contributed by atoms with van der Waals surface area (Å²) >= 11 is 0. The number of nitrogens with one attached hydrogen (secondary N) is 1. The highest BCUT2D eigenvalue weighted by Gasteiger charge is 2.16. The van der Waals surface area contributed by atoms with Crippen LogP contribution in [0.15, 0.2) is 12.4 Å². The topological polar surface area (TPSA) is 29.9 Å². The summed E-state index contributed by atoms with van der Waals surface area (Å²) in [5, 5.41) is 7.88. The summed E-state index contributed by atoms with van der Waals surface area (Å²) in [5.74, 6) is 0.863. The molecule has 1 aliphatic carbocycles. The summed E-state index contributed by atoms with van der Waals surface area (Å²) in [5.41, 5.74) is 1.31. The summed E-state index contributed by atoms with van der Waals surface area (Å²) in [6, 6.07) is 0.419. The second-order valence-corrected chi connectivity index (χ2v) is 4.93. The zero-order chi connectivity index (χ0) is 11.4. The maximum atomic E-state index is 4.46. The molecule has 0 aromatic carbocycles. The maximum absolute atomic E-state index is 4.46. The van der Waals surface area contributed by atoms with E-state index in [-0.39, 0.29) is 0 Å². The van der Waals surface area contributed by atoms with Gasteiger partial charge in [-0.05, 0) is 32.2 Å². The molecule has 16 heavy (non-hydrogen) atoms. The van der Waals surface area contributed by atoms with Crippen LogP contribution in [0.3, 0.4) is 0 Å². The molecule has 90 valence electrons. The molecule has 2 rings (SSSR count). The van der Waals surface area contributed by atoms with Crippen LogP contribution < -0.4 is 5.32 Å². The van der Waals surface area contributed by atoms with Crippen LogP contribution in [0.4, 0.5) is 0 Å². The summed E-state index contributed by atoms with van der Waals surface area (Å²) in [6.07, 6.45) is 9.79. The highest BCUT2D eigenvalue weighted by atomic mass is 15.3. The molecule has 0 bridgehead atoms. The zero-order valence-corrected chi connectivity index (χ0v) is 10.4. The molecule has 1 saturated carbocycles. The van der Waals surface area contributed by atoms with Gasteiger partial charge in [0, 0.05) is 24.3 Å². The van der Waals surface area contributed by atoms with E-state index in [1.807, 2.05) is 6.20 Å². The van der Waals surface area contributed by atoms with E-state index in [1.165, 1.54) is 31.2 Å². The highest BCUT2D eigenvalue weighted by molar-refractivity contribution is 5.09. The number of hydrogen-bond acceptors (Lipinski definition) is 2. The van der Waals surface area contributed by atoms with E-state index in [0.29, 0.717) is 6.04 Å². The molecule has 1 aromatic rings. The molecule has 1 fully saturated rings. The van der Waals surface area contributed by atoms with Crippen LogP contribution >= 0.6 is 0 Å². The third-order valence-corrected chi connectivity index (χ3v) is 3.58. The van der Waals surface area contributed by atoms with E-state index in [9.17, 15) is 0 Å². The van der Waals surface area contributed by atoms with Crippen molar-refractivity contribution in [1.29, 1.82) is 0 Å². The fourth-order valence-electron chi connectivity index (χ4n) is 2.58. The lowest BCUT2D eigenvalue weighted by atomic mass is 10.1. The van der Waals surface area contributed by atoms with Gasteiger partial charge in [0.15, 0.2) is 0 Å². The van der Waals surface area contributed by atoms with Gasteiger partial charge in [0.25, 0.3) is 0 Å².